The fourth-order valence-corrected chi connectivity index (χ4v) is 2.77. The van der Waals surface area contributed by atoms with Gasteiger partial charge in [-0.1, -0.05) is 0 Å². The molecule has 18 heavy (non-hydrogen) atoms. The highest BCUT2D eigenvalue weighted by molar-refractivity contribution is 7.16. The lowest BCUT2D eigenvalue weighted by atomic mass is 10.1. The largest absolute Gasteiger partial charge is 0.389 e. The standard InChI is InChI=1S/C12H9F3N2S/c13-7-4-9(15)8(14)3-6(7)10-11(16)18-12(17-10)5-1-2-5/h3-5H,1-2,16H2. The Morgan fingerprint density at radius 2 is 1.78 bits per heavy atom. The Kier molecular flexibility index (Phi) is 2.55. The van der Waals surface area contributed by atoms with E-state index < -0.39 is 17.5 Å². The molecule has 2 nitrogen and oxygen atoms in total. The van der Waals surface area contributed by atoms with Gasteiger partial charge in [0.05, 0.1) is 5.01 Å². The Morgan fingerprint density at radius 1 is 1.11 bits per heavy atom. The fourth-order valence-electron chi connectivity index (χ4n) is 1.75. The second-order valence-corrected chi connectivity index (χ2v) is 5.35. The van der Waals surface area contributed by atoms with Gasteiger partial charge in [-0.2, -0.15) is 0 Å². The van der Waals surface area contributed by atoms with Gasteiger partial charge in [-0.05, 0) is 18.9 Å². The fraction of sp³-hybridized carbons (Fsp3) is 0.250. The average Bonchev–Trinajstić information content (AvgIpc) is 3.08. The molecule has 1 fully saturated rings. The van der Waals surface area contributed by atoms with Crippen molar-refractivity contribution < 1.29 is 13.2 Å². The van der Waals surface area contributed by atoms with Gasteiger partial charge in [0.2, 0.25) is 0 Å². The minimum atomic E-state index is -1.22. The lowest BCUT2D eigenvalue weighted by Gasteiger charge is -2.02. The van der Waals surface area contributed by atoms with Crippen LogP contribution in [0.5, 0.6) is 0 Å². The number of anilines is 1. The molecule has 0 aliphatic heterocycles. The molecular formula is C12H9F3N2S. The molecule has 0 amide bonds. The van der Waals surface area contributed by atoms with Crippen LogP contribution >= 0.6 is 11.3 Å². The van der Waals surface area contributed by atoms with Crippen molar-refractivity contribution in [1.82, 2.24) is 4.98 Å². The molecule has 1 aliphatic carbocycles. The molecule has 6 heteroatoms. The number of aromatic nitrogens is 1. The zero-order valence-corrected chi connectivity index (χ0v) is 10.0. The predicted octanol–water partition coefficient (Wildman–Crippen LogP) is 3.69. The molecule has 2 N–H and O–H groups in total. The van der Waals surface area contributed by atoms with Gasteiger partial charge in [-0.25, -0.2) is 18.2 Å². The summed E-state index contributed by atoms with van der Waals surface area (Å²) >= 11 is 1.28. The highest BCUT2D eigenvalue weighted by Gasteiger charge is 2.29. The van der Waals surface area contributed by atoms with E-state index >= 15 is 0 Å². The van der Waals surface area contributed by atoms with Crippen molar-refractivity contribution >= 4 is 16.3 Å². The summed E-state index contributed by atoms with van der Waals surface area (Å²) in [7, 11) is 0. The maximum Gasteiger partial charge on any atom is 0.161 e. The molecule has 0 unspecified atom stereocenters. The summed E-state index contributed by atoms with van der Waals surface area (Å²) in [5.41, 5.74) is 5.89. The van der Waals surface area contributed by atoms with Crippen molar-refractivity contribution in [3.8, 4) is 11.3 Å². The Morgan fingerprint density at radius 3 is 2.44 bits per heavy atom. The maximum atomic E-state index is 13.6. The third-order valence-corrected chi connectivity index (χ3v) is 3.91. The Labute approximate surface area is 105 Å². The second kappa shape index (κ2) is 3.98. The van der Waals surface area contributed by atoms with E-state index in [9.17, 15) is 13.2 Å². The zero-order chi connectivity index (χ0) is 12.9. The van der Waals surface area contributed by atoms with Crippen molar-refractivity contribution in [1.29, 1.82) is 0 Å². The molecule has 2 aromatic rings. The summed E-state index contributed by atoms with van der Waals surface area (Å²) in [4.78, 5) is 4.24. The van der Waals surface area contributed by atoms with Crippen LogP contribution < -0.4 is 5.73 Å². The normalized spacial score (nSPS) is 15.1. The van der Waals surface area contributed by atoms with Crippen LogP contribution in [0, 0.1) is 17.5 Å². The monoisotopic (exact) mass is 270 g/mol. The van der Waals surface area contributed by atoms with E-state index in [2.05, 4.69) is 4.98 Å². The number of thiazole rings is 1. The van der Waals surface area contributed by atoms with Crippen LogP contribution in [-0.2, 0) is 0 Å². The molecule has 1 aromatic heterocycles. The van der Waals surface area contributed by atoms with E-state index in [1.807, 2.05) is 0 Å². The van der Waals surface area contributed by atoms with Gasteiger partial charge in [-0.3, -0.25) is 0 Å². The number of benzene rings is 1. The summed E-state index contributed by atoms with van der Waals surface area (Å²) in [6.45, 7) is 0. The van der Waals surface area contributed by atoms with Gasteiger partial charge in [0.25, 0.3) is 0 Å². The first kappa shape index (κ1) is 11.5. The average molecular weight is 270 g/mol. The summed E-state index contributed by atoms with van der Waals surface area (Å²) in [5.74, 6) is -2.79. The van der Waals surface area contributed by atoms with Crippen LogP contribution in [0.15, 0.2) is 12.1 Å². The Balaban J connectivity index is 2.11. The number of hydrogen-bond acceptors (Lipinski definition) is 3. The number of rotatable bonds is 2. The van der Waals surface area contributed by atoms with Crippen molar-refractivity contribution in [2.75, 3.05) is 5.73 Å². The molecule has 0 saturated heterocycles. The maximum absolute atomic E-state index is 13.6. The summed E-state index contributed by atoms with van der Waals surface area (Å²) in [6, 6.07) is 1.31. The van der Waals surface area contributed by atoms with E-state index in [1.54, 1.807) is 0 Å². The quantitative estimate of drug-likeness (QED) is 0.845. The minimum Gasteiger partial charge on any atom is -0.389 e. The number of nitrogen functional groups attached to an aromatic ring is 1. The number of nitrogens with zero attached hydrogens (tertiary/aromatic N) is 1. The van der Waals surface area contributed by atoms with E-state index in [0.29, 0.717) is 17.0 Å². The molecule has 1 heterocycles. The molecule has 1 aliphatic rings. The number of nitrogens with two attached hydrogens (primary N) is 1. The first-order valence-corrected chi connectivity index (χ1v) is 6.29. The van der Waals surface area contributed by atoms with Gasteiger partial charge in [0.15, 0.2) is 11.6 Å². The van der Waals surface area contributed by atoms with Gasteiger partial charge < -0.3 is 5.73 Å². The van der Waals surface area contributed by atoms with Crippen LogP contribution in [0.1, 0.15) is 23.8 Å². The SMILES string of the molecule is Nc1sc(C2CC2)nc1-c1cc(F)c(F)cc1F. The molecule has 0 atom stereocenters. The van der Waals surface area contributed by atoms with Crippen LogP contribution in [-0.4, -0.2) is 4.98 Å². The molecule has 1 aromatic carbocycles. The minimum absolute atomic E-state index is 0.0884. The van der Waals surface area contributed by atoms with E-state index in [0.717, 1.165) is 23.9 Å². The lowest BCUT2D eigenvalue weighted by molar-refractivity contribution is 0.496. The molecule has 1 saturated carbocycles. The van der Waals surface area contributed by atoms with Gasteiger partial charge in [-0.15, -0.1) is 11.3 Å². The highest BCUT2D eigenvalue weighted by atomic mass is 32.1. The first-order chi connectivity index (χ1) is 8.56. The van der Waals surface area contributed by atoms with Crippen LogP contribution in [0.25, 0.3) is 11.3 Å². The molecule has 3 rings (SSSR count). The summed E-state index contributed by atoms with van der Waals surface area (Å²) in [6.07, 6.45) is 2.10. The van der Waals surface area contributed by atoms with Gasteiger partial charge in [0, 0.05) is 17.5 Å². The Hall–Kier alpha value is -1.56. The topological polar surface area (TPSA) is 38.9 Å². The van der Waals surface area contributed by atoms with E-state index in [1.165, 1.54) is 11.3 Å². The van der Waals surface area contributed by atoms with Gasteiger partial charge >= 0.3 is 0 Å². The van der Waals surface area contributed by atoms with Crippen LogP contribution in [0.2, 0.25) is 0 Å². The molecule has 0 bridgehead atoms. The van der Waals surface area contributed by atoms with Gasteiger partial charge in [0.1, 0.15) is 16.5 Å². The summed E-state index contributed by atoms with van der Waals surface area (Å²) < 4.78 is 39.6. The van der Waals surface area contributed by atoms with Crippen molar-refractivity contribution in [3.63, 3.8) is 0 Å². The number of hydrogen-bond donors (Lipinski definition) is 1. The number of halogens is 3. The smallest absolute Gasteiger partial charge is 0.161 e. The van der Waals surface area contributed by atoms with Crippen LogP contribution in [0.3, 0.4) is 0 Å². The second-order valence-electron chi connectivity index (χ2n) is 4.29. The lowest BCUT2D eigenvalue weighted by Crippen LogP contribution is -1.94. The zero-order valence-electron chi connectivity index (χ0n) is 9.21. The molecule has 94 valence electrons. The van der Waals surface area contributed by atoms with Crippen molar-refractivity contribution in [3.05, 3.63) is 34.6 Å². The predicted molar refractivity (Wildman–Crippen MR) is 63.8 cm³/mol. The van der Waals surface area contributed by atoms with Crippen molar-refractivity contribution in [2.45, 2.75) is 18.8 Å². The van der Waals surface area contributed by atoms with E-state index in [4.69, 9.17) is 5.73 Å². The first-order valence-electron chi connectivity index (χ1n) is 5.47. The highest BCUT2D eigenvalue weighted by Crippen LogP contribution is 2.45. The molecular weight excluding hydrogens is 261 g/mol. The van der Waals surface area contributed by atoms with E-state index in [-0.39, 0.29) is 11.3 Å². The molecule has 0 spiro atoms. The Bertz CT molecular complexity index is 620. The van der Waals surface area contributed by atoms with Crippen LogP contribution in [0.4, 0.5) is 18.2 Å². The summed E-state index contributed by atoms with van der Waals surface area (Å²) in [5, 5.41) is 1.17. The third-order valence-electron chi connectivity index (χ3n) is 2.86. The van der Waals surface area contributed by atoms with Crippen molar-refractivity contribution in [2.24, 2.45) is 0 Å². The third kappa shape index (κ3) is 1.86. The molecule has 0 radical (unpaired) electrons.